The van der Waals surface area contributed by atoms with E-state index in [1.807, 2.05) is 11.1 Å². The van der Waals surface area contributed by atoms with Crippen molar-refractivity contribution in [3.05, 3.63) is 24.3 Å². The van der Waals surface area contributed by atoms with E-state index in [9.17, 15) is 4.79 Å². The topological polar surface area (TPSA) is 58.6 Å². The Balaban J connectivity index is 1.55. The summed E-state index contributed by atoms with van der Waals surface area (Å²) in [6.45, 7) is 5.17. The average molecular weight is 290 g/mol. The zero-order chi connectivity index (χ0) is 14.5. The number of amides is 1. The number of rotatable bonds is 3. The third kappa shape index (κ3) is 3.77. The van der Waals surface area contributed by atoms with Crippen LogP contribution in [0.15, 0.2) is 18.6 Å². The van der Waals surface area contributed by atoms with Gasteiger partial charge in [-0.05, 0) is 19.4 Å². The Morgan fingerprint density at radius 2 is 2.14 bits per heavy atom. The van der Waals surface area contributed by atoms with Gasteiger partial charge in [-0.3, -0.25) is 19.7 Å². The lowest BCUT2D eigenvalue weighted by Crippen LogP contribution is -2.47. The number of morpholine rings is 1. The Kier molecular flexibility index (Phi) is 4.77. The summed E-state index contributed by atoms with van der Waals surface area (Å²) in [5.41, 5.74) is 1.04. The van der Waals surface area contributed by atoms with Crippen LogP contribution in [0.3, 0.4) is 0 Å². The third-order valence-electron chi connectivity index (χ3n) is 4.23. The highest BCUT2D eigenvalue weighted by molar-refractivity contribution is 5.78. The van der Waals surface area contributed by atoms with E-state index in [1.54, 1.807) is 12.4 Å². The number of likely N-dealkylation sites (tertiary alicyclic amines) is 1. The molecule has 6 heteroatoms. The molecule has 1 unspecified atom stereocenters. The van der Waals surface area contributed by atoms with E-state index in [0.717, 1.165) is 44.7 Å². The van der Waals surface area contributed by atoms with Gasteiger partial charge < -0.3 is 9.64 Å². The second kappa shape index (κ2) is 6.95. The second-order valence-electron chi connectivity index (χ2n) is 5.70. The van der Waals surface area contributed by atoms with Crippen LogP contribution in [0.2, 0.25) is 0 Å². The van der Waals surface area contributed by atoms with E-state index >= 15 is 0 Å². The monoisotopic (exact) mass is 290 g/mol. The standard InChI is InChI=1S/C15H22N4O2/c20-15(19-6-8-21-9-7-19)12-18-5-1-2-13(11-18)14-10-16-3-4-17-14/h3-4,10,13H,1-2,5-9,11-12H2. The van der Waals surface area contributed by atoms with Crippen LogP contribution >= 0.6 is 0 Å². The van der Waals surface area contributed by atoms with E-state index in [-0.39, 0.29) is 5.91 Å². The molecule has 0 bridgehead atoms. The predicted molar refractivity (Wildman–Crippen MR) is 77.8 cm³/mol. The molecule has 1 aromatic heterocycles. The number of carbonyl (C=O) groups excluding carboxylic acids is 1. The van der Waals surface area contributed by atoms with Crippen molar-refractivity contribution in [1.82, 2.24) is 19.8 Å². The summed E-state index contributed by atoms with van der Waals surface area (Å²) in [5, 5.41) is 0. The molecule has 0 radical (unpaired) electrons. The number of piperidine rings is 1. The van der Waals surface area contributed by atoms with Gasteiger partial charge in [0, 0.05) is 44.1 Å². The zero-order valence-corrected chi connectivity index (χ0v) is 12.3. The minimum absolute atomic E-state index is 0.220. The van der Waals surface area contributed by atoms with Crippen molar-refractivity contribution in [1.29, 1.82) is 0 Å². The van der Waals surface area contributed by atoms with Crippen LogP contribution in [0.4, 0.5) is 0 Å². The van der Waals surface area contributed by atoms with Crippen molar-refractivity contribution in [2.75, 3.05) is 45.9 Å². The van der Waals surface area contributed by atoms with Crippen LogP contribution in [0, 0.1) is 0 Å². The Bertz CT molecular complexity index is 462. The molecule has 1 amide bonds. The maximum atomic E-state index is 12.3. The van der Waals surface area contributed by atoms with Gasteiger partial charge in [-0.1, -0.05) is 0 Å². The SMILES string of the molecule is O=C(CN1CCCC(c2cnccn2)C1)N1CCOCC1. The number of carbonyl (C=O) groups is 1. The molecule has 0 aliphatic carbocycles. The fourth-order valence-corrected chi connectivity index (χ4v) is 3.07. The molecule has 2 aliphatic heterocycles. The second-order valence-corrected chi connectivity index (χ2v) is 5.70. The van der Waals surface area contributed by atoms with Crippen LogP contribution in [0.25, 0.3) is 0 Å². The maximum absolute atomic E-state index is 12.3. The molecule has 1 aromatic rings. The Morgan fingerprint density at radius 1 is 1.29 bits per heavy atom. The predicted octanol–water partition coefficient (Wildman–Crippen LogP) is 0.515. The molecule has 0 saturated carbocycles. The number of aromatic nitrogens is 2. The molecule has 2 fully saturated rings. The highest BCUT2D eigenvalue weighted by Gasteiger charge is 2.26. The van der Waals surface area contributed by atoms with Crippen LogP contribution in [0.1, 0.15) is 24.5 Å². The van der Waals surface area contributed by atoms with Gasteiger partial charge in [-0.15, -0.1) is 0 Å². The molecular formula is C15H22N4O2. The van der Waals surface area contributed by atoms with Gasteiger partial charge in [0.25, 0.3) is 0 Å². The smallest absolute Gasteiger partial charge is 0.236 e. The van der Waals surface area contributed by atoms with Crippen LogP contribution < -0.4 is 0 Å². The molecule has 21 heavy (non-hydrogen) atoms. The zero-order valence-electron chi connectivity index (χ0n) is 12.3. The summed E-state index contributed by atoms with van der Waals surface area (Å²) in [4.78, 5) is 25.0. The fourth-order valence-electron chi connectivity index (χ4n) is 3.07. The molecule has 3 rings (SSSR count). The molecular weight excluding hydrogens is 268 g/mol. The Hall–Kier alpha value is -1.53. The number of hydrogen-bond donors (Lipinski definition) is 0. The van der Waals surface area contributed by atoms with Gasteiger partial charge >= 0.3 is 0 Å². The summed E-state index contributed by atoms with van der Waals surface area (Å²) >= 11 is 0. The first kappa shape index (κ1) is 14.4. The Morgan fingerprint density at radius 3 is 2.90 bits per heavy atom. The van der Waals surface area contributed by atoms with E-state index in [0.29, 0.717) is 25.7 Å². The van der Waals surface area contributed by atoms with Gasteiger partial charge in [0.15, 0.2) is 0 Å². The summed E-state index contributed by atoms with van der Waals surface area (Å²) < 4.78 is 5.29. The number of nitrogens with zero attached hydrogens (tertiary/aromatic N) is 4. The van der Waals surface area contributed by atoms with Crippen molar-refractivity contribution in [3.63, 3.8) is 0 Å². The fraction of sp³-hybridized carbons (Fsp3) is 0.667. The summed E-state index contributed by atoms with van der Waals surface area (Å²) in [6.07, 6.45) is 7.52. The molecule has 1 atom stereocenters. The first-order valence-electron chi connectivity index (χ1n) is 7.67. The highest BCUT2D eigenvalue weighted by atomic mass is 16.5. The third-order valence-corrected chi connectivity index (χ3v) is 4.23. The summed E-state index contributed by atoms with van der Waals surface area (Å²) in [7, 11) is 0. The molecule has 114 valence electrons. The molecule has 2 saturated heterocycles. The normalized spacial score (nSPS) is 24.0. The number of hydrogen-bond acceptors (Lipinski definition) is 5. The van der Waals surface area contributed by atoms with Crippen molar-refractivity contribution < 1.29 is 9.53 Å². The highest BCUT2D eigenvalue weighted by Crippen LogP contribution is 2.24. The largest absolute Gasteiger partial charge is 0.378 e. The van der Waals surface area contributed by atoms with Crippen LogP contribution in [-0.4, -0.2) is 71.6 Å². The molecule has 6 nitrogen and oxygen atoms in total. The van der Waals surface area contributed by atoms with Crippen molar-refractivity contribution in [2.24, 2.45) is 0 Å². The van der Waals surface area contributed by atoms with Crippen molar-refractivity contribution >= 4 is 5.91 Å². The van der Waals surface area contributed by atoms with Crippen molar-refractivity contribution in [2.45, 2.75) is 18.8 Å². The minimum Gasteiger partial charge on any atom is -0.378 e. The lowest BCUT2D eigenvalue weighted by molar-refractivity contribution is -0.136. The van der Waals surface area contributed by atoms with Crippen LogP contribution in [-0.2, 0) is 9.53 Å². The van der Waals surface area contributed by atoms with Gasteiger partial charge in [0.2, 0.25) is 5.91 Å². The van der Waals surface area contributed by atoms with Gasteiger partial charge in [0.1, 0.15) is 0 Å². The van der Waals surface area contributed by atoms with Crippen LogP contribution in [0.5, 0.6) is 0 Å². The van der Waals surface area contributed by atoms with Gasteiger partial charge in [0.05, 0.1) is 25.5 Å². The molecule has 0 N–H and O–H groups in total. The van der Waals surface area contributed by atoms with Gasteiger partial charge in [-0.2, -0.15) is 0 Å². The first-order valence-corrected chi connectivity index (χ1v) is 7.67. The van der Waals surface area contributed by atoms with Gasteiger partial charge in [-0.25, -0.2) is 0 Å². The molecule has 2 aliphatic rings. The Labute approximate surface area is 125 Å². The molecule has 0 aromatic carbocycles. The maximum Gasteiger partial charge on any atom is 0.236 e. The number of ether oxygens (including phenoxy) is 1. The molecule has 3 heterocycles. The first-order chi connectivity index (χ1) is 10.3. The van der Waals surface area contributed by atoms with E-state index in [2.05, 4.69) is 14.9 Å². The average Bonchev–Trinajstić information content (AvgIpc) is 2.57. The summed E-state index contributed by atoms with van der Waals surface area (Å²) in [5.74, 6) is 0.614. The molecule has 0 spiro atoms. The lowest BCUT2D eigenvalue weighted by Gasteiger charge is -2.34. The quantitative estimate of drug-likeness (QED) is 0.812. The summed E-state index contributed by atoms with van der Waals surface area (Å²) in [6, 6.07) is 0. The van der Waals surface area contributed by atoms with E-state index in [4.69, 9.17) is 4.74 Å². The minimum atomic E-state index is 0.220. The van der Waals surface area contributed by atoms with E-state index in [1.165, 1.54) is 0 Å². The van der Waals surface area contributed by atoms with E-state index < -0.39 is 0 Å². The van der Waals surface area contributed by atoms with Crippen molar-refractivity contribution in [3.8, 4) is 0 Å². The lowest BCUT2D eigenvalue weighted by atomic mass is 9.95.